The van der Waals surface area contributed by atoms with Crippen molar-refractivity contribution in [1.82, 2.24) is 9.80 Å². The Morgan fingerprint density at radius 1 is 1.05 bits per heavy atom. The van der Waals surface area contributed by atoms with Crippen molar-refractivity contribution in [3.8, 4) is 0 Å². The number of fused-ring (bicyclic) bond motifs is 1. The highest BCUT2D eigenvalue weighted by molar-refractivity contribution is 5.24. The van der Waals surface area contributed by atoms with E-state index in [2.05, 4.69) is 50.5 Å². The van der Waals surface area contributed by atoms with E-state index in [-0.39, 0.29) is 0 Å². The third-order valence-corrected chi connectivity index (χ3v) is 6.06. The van der Waals surface area contributed by atoms with Gasteiger partial charge >= 0.3 is 0 Å². The van der Waals surface area contributed by atoms with Crippen molar-refractivity contribution >= 4 is 0 Å². The van der Waals surface area contributed by atoms with Gasteiger partial charge in [0.2, 0.25) is 0 Å². The minimum atomic E-state index is 0.572. The highest BCUT2D eigenvalue weighted by Crippen LogP contribution is 2.59. The number of hydrogen-bond acceptors (Lipinski definition) is 2. The van der Waals surface area contributed by atoms with E-state index in [1.807, 2.05) is 0 Å². The lowest BCUT2D eigenvalue weighted by Gasteiger charge is -2.57. The molecule has 0 heterocycles. The van der Waals surface area contributed by atoms with Crippen LogP contribution in [0.1, 0.15) is 47.5 Å². The van der Waals surface area contributed by atoms with Crippen LogP contribution in [0.4, 0.5) is 0 Å². The van der Waals surface area contributed by atoms with E-state index < -0.39 is 0 Å². The van der Waals surface area contributed by atoms with Gasteiger partial charge in [0.1, 0.15) is 0 Å². The number of rotatable bonds is 8. The summed E-state index contributed by atoms with van der Waals surface area (Å²) in [5.41, 5.74) is 2.31. The second-order valence-corrected chi connectivity index (χ2v) is 7.22. The van der Waals surface area contributed by atoms with Gasteiger partial charge in [-0.25, -0.2) is 0 Å². The van der Waals surface area contributed by atoms with Gasteiger partial charge in [-0.2, -0.15) is 0 Å². The highest BCUT2D eigenvalue weighted by Gasteiger charge is 2.51. The van der Waals surface area contributed by atoms with Gasteiger partial charge in [-0.05, 0) is 49.7 Å². The van der Waals surface area contributed by atoms with Crippen molar-refractivity contribution < 1.29 is 0 Å². The van der Waals surface area contributed by atoms with Crippen LogP contribution in [0.3, 0.4) is 0 Å². The molecule has 2 atom stereocenters. The van der Waals surface area contributed by atoms with Crippen molar-refractivity contribution in [2.75, 3.05) is 39.3 Å². The summed E-state index contributed by atoms with van der Waals surface area (Å²) in [5.74, 6) is 1.82. The van der Waals surface area contributed by atoms with E-state index in [1.54, 1.807) is 5.57 Å². The minimum Gasteiger partial charge on any atom is -0.303 e. The molecule has 3 aliphatic rings. The van der Waals surface area contributed by atoms with E-state index in [9.17, 15) is 0 Å². The van der Waals surface area contributed by atoms with E-state index in [1.165, 1.54) is 52.1 Å². The predicted molar refractivity (Wildman–Crippen MR) is 88.0 cm³/mol. The first-order valence-corrected chi connectivity index (χ1v) is 8.66. The van der Waals surface area contributed by atoms with E-state index in [0.717, 1.165) is 11.8 Å². The third kappa shape index (κ3) is 3.12. The number of likely N-dealkylation sites (N-methyl/N-ethyl adjacent to an activating group) is 2. The average Bonchev–Trinajstić information content (AvgIpc) is 2.46. The summed E-state index contributed by atoms with van der Waals surface area (Å²) < 4.78 is 0. The smallest absolute Gasteiger partial charge is 0.0196 e. The molecule has 0 amide bonds. The van der Waals surface area contributed by atoms with Crippen LogP contribution in [0.2, 0.25) is 0 Å². The summed E-state index contributed by atoms with van der Waals surface area (Å²) in [4.78, 5) is 5.17. The van der Waals surface area contributed by atoms with Crippen LogP contribution in [0.5, 0.6) is 0 Å². The van der Waals surface area contributed by atoms with Crippen LogP contribution >= 0.6 is 0 Å². The van der Waals surface area contributed by atoms with Crippen LogP contribution in [0.25, 0.3) is 0 Å². The fourth-order valence-electron chi connectivity index (χ4n) is 4.09. The summed E-state index contributed by atoms with van der Waals surface area (Å²) in [5, 5.41) is 0. The zero-order chi connectivity index (χ0) is 14.8. The van der Waals surface area contributed by atoms with Crippen molar-refractivity contribution in [3.05, 3.63) is 11.6 Å². The van der Waals surface area contributed by atoms with E-state index in [0.29, 0.717) is 5.41 Å². The maximum Gasteiger partial charge on any atom is 0.0196 e. The Bertz CT molecular complexity index is 341. The van der Waals surface area contributed by atoms with Crippen LogP contribution in [0.15, 0.2) is 11.6 Å². The van der Waals surface area contributed by atoms with Gasteiger partial charge in [-0.3, -0.25) is 4.90 Å². The van der Waals surface area contributed by atoms with Crippen LogP contribution in [-0.4, -0.2) is 49.1 Å². The van der Waals surface area contributed by atoms with E-state index in [4.69, 9.17) is 0 Å². The molecule has 2 nitrogen and oxygen atoms in total. The molecule has 0 N–H and O–H groups in total. The van der Waals surface area contributed by atoms with Gasteiger partial charge in [0.05, 0.1) is 0 Å². The molecular formula is C18H34N2. The zero-order valence-electron chi connectivity index (χ0n) is 14.3. The number of nitrogens with zero attached hydrogens (tertiary/aromatic N) is 2. The molecule has 3 aliphatic carbocycles. The van der Waals surface area contributed by atoms with Gasteiger partial charge < -0.3 is 4.90 Å². The lowest BCUT2D eigenvalue weighted by atomic mass is 9.49. The molecule has 1 saturated carbocycles. The Labute approximate surface area is 126 Å². The average molecular weight is 278 g/mol. The van der Waals surface area contributed by atoms with E-state index >= 15 is 0 Å². The maximum atomic E-state index is 2.64. The van der Waals surface area contributed by atoms with Crippen molar-refractivity contribution in [2.45, 2.75) is 47.5 Å². The SMILES string of the molecule is CCN(CC)CCN(CC)CC1=CC[C@H]2C[C@H]1C2(C)C. The number of allylic oxidation sites excluding steroid dienone is 1. The molecule has 3 rings (SSSR count). The van der Waals surface area contributed by atoms with Crippen molar-refractivity contribution in [3.63, 3.8) is 0 Å². The monoisotopic (exact) mass is 278 g/mol. The first kappa shape index (κ1) is 16.0. The summed E-state index contributed by atoms with van der Waals surface area (Å²) in [6.07, 6.45) is 5.34. The van der Waals surface area contributed by atoms with Gasteiger partial charge in [-0.15, -0.1) is 0 Å². The largest absolute Gasteiger partial charge is 0.303 e. The van der Waals surface area contributed by atoms with Gasteiger partial charge in [0, 0.05) is 19.6 Å². The Morgan fingerprint density at radius 2 is 1.65 bits per heavy atom. The first-order chi connectivity index (χ1) is 9.52. The molecule has 2 heteroatoms. The summed E-state index contributed by atoms with van der Waals surface area (Å²) in [6.45, 7) is 18.9. The molecule has 0 radical (unpaired) electrons. The molecule has 0 spiro atoms. The lowest BCUT2D eigenvalue weighted by Crippen LogP contribution is -2.50. The second kappa shape index (κ2) is 6.62. The molecule has 116 valence electrons. The molecule has 0 saturated heterocycles. The third-order valence-electron chi connectivity index (χ3n) is 6.06. The molecule has 0 aromatic heterocycles. The summed E-state index contributed by atoms with van der Waals surface area (Å²) >= 11 is 0. The van der Waals surface area contributed by atoms with Crippen molar-refractivity contribution in [2.24, 2.45) is 17.3 Å². The van der Waals surface area contributed by atoms with Crippen molar-refractivity contribution in [1.29, 1.82) is 0 Å². The van der Waals surface area contributed by atoms with Gasteiger partial charge in [0.25, 0.3) is 0 Å². The Balaban J connectivity index is 1.86. The zero-order valence-corrected chi connectivity index (χ0v) is 14.3. The Morgan fingerprint density at radius 3 is 2.15 bits per heavy atom. The summed E-state index contributed by atoms with van der Waals surface area (Å²) in [6, 6.07) is 0. The normalized spacial score (nSPS) is 27.6. The fraction of sp³-hybridized carbons (Fsp3) is 0.889. The first-order valence-electron chi connectivity index (χ1n) is 8.66. The molecule has 0 aromatic rings. The Kier molecular flexibility index (Phi) is 5.30. The fourth-order valence-corrected chi connectivity index (χ4v) is 4.09. The van der Waals surface area contributed by atoms with Crippen LogP contribution in [-0.2, 0) is 0 Å². The number of hydrogen-bond donors (Lipinski definition) is 0. The molecule has 2 bridgehead atoms. The molecule has 20 heavy (non-hydrogen) atoms. The lowest BCUT2D eigenvalue weighted by molar-refractivity contribution is -0.0107. The molecule has 1 fully saturated rings. The molecule has 0 aliphatic heterocycles. The molecule has 0 aromatic carbocycles. The second-order valence-electron chi connectivity index (χ2n) is 7.22. The van der Waals surface area contributed by atoms with Crippen LogP contribution < -0.4 is 0 Å². The predicted octanol–water partition coefficient (Wildman–Crippen LogP) is 3.64. The Hall–Kier alpha value is -0.340. The van der Waals surface area contributed by atoms with Gasteiger partial charge in [-0.1, -0.05) is 46.3 Å². The minimum absolute atomic E-state index is 0.572. The maximum absolute atomic E-state index is 2.64. The topological polar surface area (TPSA) is 6.48 Å². The standard InChI is InChI=1S/C18H34N2/c1-6-19(7-2)11-12-20(8-3)14-15-9-10-16-13-17(15)18(16,4)5/h9,16-17H,6-8,10-14H2,1-5H3/t16-,17+/m0/s1. The molecule has 0 unspecified atom stereocenters. The van der Waals surface area contributed by atoms with Gasteiger partial charge in [0.15, 0.2) is 0 Å². The summed E-state index contributed by atoms with van der Waals surface area (Å²) in [7, 11) is 0. The highest BCUT2D eigenvalue weighted by atomic mass is 15.2. The molecular weight excluding hydrogens is 244 g/mol. The van der Waals surface area contributed by atoms with Crippen LogP contribution in [0, 0.1) is 17.3 Å². The quantitative estimate of drug-likeness (QED) is 0.625.